The van der Waals surface area contributed by atoms with Crippen LogP contribution in [-0.2, 0) is 16.1 Å². The molecule has 0 saturated heterocycles. The molecule has 108 valence electrons. The lowest BCUT2D eigenvalue weighted by molar-refractivity contribution is 0.176. The van der Waals surface area contributed by atoms with E-state index in [1.807, 2.05) is 6.07 Å². The highest BCUT2D eigenvalue weighted by molar-refractivity contribution is 5.38. The van der Waals surface area contributed by atoms with Crippen molar-refractivity contribution in [1.29, 1.82) is 0 Å². The topological polar surface area (TPSA) is 65.5 Å². The molecule has 0 atom stereocenters. The van der Waals surface area contributed by atoms with Crippen molar-refractivity contribution < 1.29 is 14.2 Å². The zero-order valence-electron chi connectivity index (χ0n) is 11.9. The molecule has 0 aliphatic heterocycles. The number of aromatic nitrogens is 2. The van der Waals surface area contributed by atoms with Crippen LogP contribution in [-0.4, -0.2) is 43.9 Å². The van der Waals surface area contributed by atoms with E-state index in [1.165, 1.54) is 0 Å². The van der Waals surface area contributed by atoms with Crippen molar-refractivity contribution >= 4 is 5.82 Å². The Morgan fingerprint density at radius 3 is 2.68 bits per heavy atom. The third kappa shape index (κ3) is 6.35. The summed E-state index contributed by atoms with van der Waals surface area (Å²) in [5.41, 5.74) is 0. The molecule has 0 bridgehead atoms. The van der Waals surface area contributed by atoms with Gasteiger partial charge in [0.2, 0.25) is 5.88 Å². The van der Waals surface area contributed by atoms with E-state index in [-0.39, 0.29) is 0 Å². The fraction of sp³-hybridized carbons (Fsp3) is 0.692. The van der Waals surface area contributed by atoms with Crippen molar-refractivity contribution in [3.63, 3.8) is 0 Å². The van der Waals surface area contributed by atoms with Gasteiger partial charge in [-0.05, 0) is 12.8 Å². The lowest BCUT2D eigenvalue weighted by Gasteiger charge is -2.10. The molecule has 0 spiro atoms. The fourth-order valence-electron chi connectivity index (χ4n) is 1.47. The highest BCUT2D eigenvalue weighted by Gasteiger charge is 2.05. The number of hydrogen-bond acceptors (Lipinski definition) is 6. The molecule has 1 rings (SSSR count). The Bertz CT molecular complexity index is 361. The molecular weight excluding hydrogens is 246 g/mol. The second-order valence-corrected chi connectivity index (χ2v) is 4.06. The summed E-state index contributed by atoms with van der Waals surface area (Å²) in [5.74, 6) is 1.95. The van der Waals surface area contributed by atoms with Gasteiger partial charge < -0.3 is 19.5 Å². The summed E-state index contributed by atoms with van der Waals surface area (Å²) in [7, 11) is 3.31. The van der Waals surface area contributed by atoms with Gasteiger partial charge in [-0.3, -0.25) is 0 Å². The van der Waals surface area contributed by atoms with Gasteiger partial charge in [0.1, 0.15) is 12.4 Å². The maximum absolute atomic E-state index is 5.54. The molecule has 0 amide bonds. The van der Waals surface area contributed by atoms with Crippen molar-refractivity contribution in [2.45, 2.75) is 26.4 Å². The largest absolute Gasteiger partial charge is 0.478 e. The lowest BCUT2D eigenvalue weighted by atomic mass is 10.4. The second-order valence-electron chi connectivity index (χ2n) is 4.06. The van der Waals surface area contributed by atoms with Gasteiger partial charge in [0.25, 0.3) is 0 Å². The quantitative estimate of drug-likeness (QED) is 0.654. The van der Waals surface area contributed by atoms with E-state index in [0.717, 1.165) is 31.8 Å². The fourth-order valence-corrected chi connectivity index (χ4v) is 1.47. The Morgan fingerprint density at radius 2 is 2.00 bits per heavy atom. The van der Waals surface area contributed by atoms with Crippen LogP contribution in [0.4, 0.5) is 5.82 Å². The summed E-state index contributed by atoms with van der Waals surface area (Å²) in [4.78, 5) is 8.64. The number of nitrogens with zero attached hydrogens (tertiary/aromatic N) is 2. The molecule has 0 saturated carbocycles. The Hall–Kier alpha value is -1.40. The molecular formula is C13H23N3O3. The van der Waals surface area contributed by atoms with Crippen LogP contribution >= 0.6 is 0 Å². The molecule has 1 heterocycles. The Balaban J connectivity index is 2.63. The minimum Gasteiger partial charge on any atom is -0.478 e. The second kappa shape index (κ2) is 9.52. The molecule has 0 aromatic carbocycles. The number of methoxy groups -OCH3 is 2. The first-order valence-corrected chi connectivity index (χ1v) is 6.52. The first kappa shape index (κ1) is 15.7. The van der Waals surface area contributed by atoms with Crippen LogP contribution in [0.2, 0.25) is 0 Å². The Kier molecular flexibility index (Phi) is 7.84. The monoisotopic (exact) mass is 269 g/mol. The molecule has 19 heavy (non-hydrogen) atoms. The van der Waals surface area contributed by atoms with Gasteiger partial charge in [-0.15, -0.1) is 0 Å². The minimum atomic E-state index is 0.371. The number of ether oxygens (including phenoxy) is 3. The molecule has 6 nitrogen and oxygen atoms in total. The first-order valence-electron chi connectivity index (χ1n) is 6.52. The van der Waals surface area contributed by atoms with Crippen LogP contribution < -0.4 is 10.1 Å². The molecule has 6 heteroatoms. The molecule has 1 N–H and O–H groups in total. The van der Waals surface area contributed by atoms with E-state index in [2.05, 4.69) is 22.2 Å². The van der Waals surface area contributed by atoms with Crippen LogP contribution in [0.1, 0.15) is 25.6 Å². The zero-order chi connectivity index (χ0) is 13.9. The maximum Gasteiger partial charge on any atom is 0.218 e. The van der Waals surface area contributed by atoms with Crippen molar-refractivity contribution in [2.75, 3.05) is 39.3 Å². The van der Waals surface area contributed by atoms with Crippen LogP contribution in [0.5, 0.6) is 5.88 Å². The van der Waals surface area contributed by atoms with Gasteiger partial charge in [0, 0.05) is 33.4 Å². The predicted molar refractivity (Wildman–Crippen MR) is 73.5 cm³/mol. The van der Waals surface area contributed by atoms with Crippen molar-refractivity contribution in [3.05, 3.63) is 11.9 Å². The third-order valence-electron chi connectivity index (χ3n) is 2.31. The van der Waals surface area contributed by atoms with E-state index in [9.17, 15) is 0 Å². The average Bonchev–Trinajstić information content (AvgIpc) is 2.42. The van der Waals surface area contributed by atoms with E-state index < -0.39 is 0 Å². The molecule has 0 fully saturated rings. The third-order valence-corrected chi connectivity index (χ3v) is 2.31. The SMILES string of the molecule is CCCOc1cc(NCCCOC)nc(COC)n1. The molecule has 0 aliphatic rings. The van der Waals surface area contributed by atoms with Crippen molar-refractivity contribution in [1.82, 2.24) is 9.97 Å². The summed E-state index contributed by atoms with van der Waals surface area (Å²) in [6.45, 7) is 4.59. The summed E-state index contributed by atoms with van der Waals surface area (Å²) < 4.78 is 15.6. The molecule has 0 radical (unpaired) electrons. The summed E-state index contributed by atoms with van der Waals surface area (Å²) in [5, 5.41) is 3.23. The number of rotatable bonds is 10. The first-order chi connectivity index (χ1) is 9.30. The van der Waals surface area contributed by atoms with Gasteiger partial charge in [-0.25, -0.2) is 4.98 Å². The number of hydrogen-bond donors (Lipinski definition) is 1. The van der Waals surface area contributed by atoms with E-state index in [4.69, 9.17) is 14.2 Å². The lowest BCUT2D eigenvalue weighted by Crippen LogP contribution is -2.09. The van der Waals surface area contributed by atoms with Crippen LogP contribution in [0, 0.1) is 0 Å². The highest BCUT2D eigenvalue weighted by atomic mass is 16.5. The summed E-state index contributed by atoms with van der Waals surface area (Å²) in [6.07, 6.45) is 1.87. The highest BCUT2D eigenvalue weighted by Crippen LogP contribution is 2.14. The summed E-state index contributed by atoms with van der Waals surface area (Å²) in [6, 6.07) is 1.81. The molecule has 0 unspecified atom stereocenters. The van der Waals surface area contributed by atoms with Gasteiger partial charge in [-0.1, -0.05) is 6.92 Å². The van der Waals surface area contributed by atoms with Gasteiger partial charge >= 0.3 is 0 Å². The van der Waals surface area contributed by atoms with Gasteiger partial charge in [0.05, 0.1) is 6.61 Å². The minimum absolute atomic E-state index is 0.371. The van der Waals surface area contributed by atoms with Gasteiger partial charge in [-0.2, -0.15) is 4.98 Å². The van der Waals surface area contributed by atoms with Crippen LogP contribution in [0.25, 0.3) is 0 Å². The average molecular weight is 269 g/mol. The van der Waals surface area contributed by atoms with Crippen molar-refractivity contribution in [2.24, 2.45) is 0 Å². The Labute approximate surface area is 114 Å². The zero-order valence-corrected chi connectivity index (χ0v) is 11.9. The Morgan fingerprint density at radius 1 is 1.16 bits per heavy atom. The van der Waals surface area contributed by atoms with Crippen LogP contribution in [0.3, 0.4) is 0 Å². The number of nitrogens with one attached hydrogen (secondary N) is 1. The smallest absolute Gasteiger partial charge is 0.218 e. The van der Waals surface area contributed by atoms with E-state index in [1.54, 1.807) is 14.2 Å². The normalized spacial score (nSPS) is 10.5. The number of anilines is 1. The molecule has 0 aliphatic carbocycles. The maximum atomic E-state index is 5.54. The van der Waals surface area contributed by atoms with Gasteiger partial charge in [0.15, 0.2) is 5.82 Å². The molecule has 1 aromatic heterocycles. The molecule has 1 aromatic rings. The summed E-state index contributed by atoms with van der Waals surface area (Å²) >= 11 is 0. The predicted octanol–water partition coefficient (Wildman–Crippen LogP) is 1.86. The van der Waals surface area contributed by atoms with Crippen LogP contribution in [0.15, 0.2) is 6.07 Å². The standard InChI is InChI=1S/C13H23N3O3/c1-4-7-19-13-9-11(14-6-5-8-17-2)15-12(16-13)10-18-3/h9H,4-8,10H2,1-3H3,(H,14,15,16). The van der Waals surface area contributed by atoms with E-state index in [0.29, 0.717) is 24.9 Å². The van der Waals surface area contributed by atoms with E-state index >= 15 is 0 Å². The van der Waals surface area contributed by atoms with Crippen molar-refractivity contribution in [3.8, 4) is 5.88 Å².